The van der Waals surface area contributed by atoms with Gasteiger partial charge in [0.05, 0.1) is 17.4 Å². The molecule has 3 aromatic carbocycles. The first kappa shape index (κ1) is 24.5. The van der Waals surface area contributed by atoms with E-state index in [2.05, 4.69) is 36.6 Å². The summed E-state index contributed by atoms with van der Waals surface area (Å²) in [4.78, 5) is 14.4. The number of benzene rings is 3. The van der Waals surface area contributed by atoms with Crippen molar-refractivity contribution in [3.8, 4) is 0 Å². The number of carbonyl (C=O) groups is 1. The third kappa shape index (κ3) is 4.94. The van der Waals surface area contributed by atoms with Crippen molar-refractivity contribution in [2.75, 3.05) is 12.0 Å². The van der Waals surface area contributed by atoms with Crippen LogP contribution in [-0.4, -0.2) is 22.9 Å². The zero-order valence-corrected chi connectivity index (χ0v) is 21.2. The number of hydrogen-bond donors (Lipinski definition) is 0. The normalized spacial score (nSPS) is 15.5. The van der Waals surface area contributed by atoms with Crippen molar-refractivity contribution in [3.63, 3.8) is 0 Å². The molecule has 1 aliphatic rings. The molecule has 0 bridgehead atoms. The molecule has 178 valence electrons. The minimum absolute atomic E-state index is 0.0633. The highest BCUT2D eigenvalue weighted by molar-refractivity contribution is 7.80. The monoisotopic (exact) mass is 485 g/mol. The highest BCUT2D eigenvalue weighted by Crippen LogP contribution is 2.42. The van der Waals surface area contributed by atoms with Crippen LogP contribution in [0.1, 0.15) is 26.3 Å². The molecule has 0 fully saturated rings. The van der Waals surface area contributed by atoms with Gasteiger partial charge in [0.25, 0.3) is 0 Å². The Morgan fingerprint density at radius 3 is 2.26 bits per heavy atom. The molecule has 6 heteroatoms. The molecule has 1 aliphatic heterocycles. The van der Waals surface area contributed by atoms with Crippen LogP contribution in [0.4, 0.5) is 17.1 Å². The number of nitrogens with zero attached hydrogens (tertiary/aromatic N) is 2. The summed E-state index contributed by atoms with van der Waals surface area (Å²) in [6.07, 6.45) is 7.66. The summed E-state index contributed by atoms with van der Waals surface area (Å²) >= 11 is -1.51. The molecule has 0 saturated heterocycles. The van der Waals surface area contributed by atoms with Gasteiger partial charge in [0.2, 0.25) is 17.3 Å². The first-order valence-electron chi connectivity index (χ1n) is 11.4. The van der Waals surface area contributed by atoms with E-state index in [1.807, 2.05) is 78.9 Å². The zero-order valence-electron chi connectivity index (χ0n) is 20.3. The lowest BCUT2D eigenvalue weighted by Gasteiger charge is -2.16. The predicted octanol–water partition coefficient (Wildman–Crippen LogP) is 6.05. The summed E-state index contributed by atoms with van der Waals surface area (Å²) in [6, 6.07) is 25.5. The van der Waals surface area contributed by atoms with Gasteiger partial charge >= 0.3 is 0 Å². The van der Waals surface area contributed by atoms with Crippen LogP contribution in [0.2, 0.25) is 0 Å². The van der Waals surface area contributed by atoms with Gasteiger partial charge < -0.3 is 0 Å². The Hall–Kier alpha value is -3.61. The van der Waals surface area contributed by atoms with Crippen LogP contribution in [0, 0.1) is 0 Å². The van der Waals surface area contributed by atoms with Crippen molar-refractivity contribution in [2.24, 2.45) is 0 Å². The van der Waals surface area contributed by atoms with E-state index in [1.165, 1.54) is 7.11 Å². The Kier molecular flexibility index (Phi) is 7.24. The van der Waals surface area contributed by atoms with Gasteiger partial charge in [-0.25, -0.2) is 4.21 Å². The second-order valence-electron chi connectivity index (χ2n) is 8.69. The maximum absolute atomic E-state index is 12.3. The molecule has 3 aromatic rings. The fraction of sp³-hybridized carbons (Fsp3) is 0.172. The van der Waals surface area contributed by atoms with Gasteiger partial charge in [-0.2, -0.15) is 4.58 Å². The van der Waals surface area contributed by atoms with Crippen LogP contribution >= 0.6 is 0 Å². The minimum atomic E-state index is -1.51. The quantitative estimate of drug-likeness (QED) is 0.303. The molecular formula is C29H29N2O3S+. The summed E-state index contributed by atoms with van der Waals surface area (Å²) < 4.78 is 19.6. The topological polar surface area (TPSA) is 49.6 Å². The highest BCUT2D eigenvalue weighted by Gasteiger charge is 2.45. The van der Waals surface area contributed by atoms with E-state index in [9.17, 15) is 9.00 Å². The molecule has 1 heterocycles. The molecule has 0 saturated carbocycles. The summed E-state index contributed by atoms with van der Waals surface area (Å²) in [6.45, 7) is 5.86. The molecule has 1 atom stereocenters. The zero-order chi connectivity index (χ0) is 25.0. The van der Waals surface area contributed by atoms with Gasteiger partial charge in [-0.05, 0) is 44.2 Å². The summed E-state index contributed by atoms with van der Waals surface area (Å²) in [5.41, 5.74) is 4.67. The molecule has 0 radical (unpaired) electrons. The van der Waals surface area contributed by atoms with Crippen molar-refractivity contribution in [3.05, 3.63) is 109 Å². The van der Waals surface area contributed by atoms with Crippen molar-refractivity contribution in [1.29, 1.82) is 0 Å². The lowest BCUT2D eigenvalue weighted by Crippen LogP contribution is -2.27. The summed E-state index contributed by atoms with van der Waals surface area (Å²) in [5, 5.41) is 0. The smallest absolute Gasteiger partial charge is 0.227 e. The predicted molar refractivity (Wildman–Crippen MR) is 144 cm³/mol. The minimum Gasteiger partial charge on any atom is -0.290 e. The Labute approximate surface area is 209 Å². The van der Waals surface area contributed by atoms with Crippen LogP contribution in [0.5, 0.6) is 0 Å². The van der Waals surface area contributed by atoms with Crippen LogP contribution in [0.15, 0.2) is 108 Å². The Bertz CT molecular complexity index is 1340. The number of rotatable bonds is 7. The number of anilines is 1. The first-order chi connectivity index (χ1) is 16.8. The van der Waals surface area contributed by atoms with E-state index in [0.29, 0.717) is 4.90 Å². The van der Waals surface area contributed by atoms with E-state index in [1.54, 1.807) is 18.0 Å². The molecule has 4 rings (SSSR count). The third-order valence-corrected chi connectivity index (χ3v) is 7.04. The van der Waals surface area contributed by atoms with Crippen molar-refractivity contribution < 1.29 is 13.2 Å². The average molecular weight is 486 g/mol. The van der Waals surface area contributed by atoms with Crippen LogP contribution in [0.3, 0.4) is 0 Å². The van der Waals surface area contributed by atoms with E-state index in [-0.39, 0.29) is 11.3 Å². The largest absolute Gasteiger partial charge is 0.290 e. The molecular weight excluding hydrogens is 456 g/mol. The fourth-order valence-corrected chi connectivity index (χ4v) is 4.93. The molecule has 35 heavy (non-hydrogen) atoms. The lowest BCUT2D eigenvalue weighted by atomic mass is 9.81. The third-order valence-electron chi connectivity index (χ3n) is 6.10. The van der Waals surface area contributed by atoms with E-state index < -0.39 is 11.1 Å². The maximum atomic E-state index is 12.3. The van der Waals surface area contributed by atoms with Crippen LogP contribution < -0.4 is 9.48 Å². The van der Waals surface area contributed by atoms with Crippen molar-refractivity contribution in [2.45, 2.75) is 31.1 Å². The van der Waals surface area contributed by atoms with Gasteiger partial charge in [0.1, 0.15) is 0 Å². The molecule has 0 aliphatic carbocycles. The number of amides is 1. The lowest BCUT2D eigenvalue weighted by molar-refractivity contribution is -0.116. The molecule has 1 amide bonds. The summed E-state index contributed by atoms with van der Waals surface area (Å²) in [7, 11) is 1.44. The molecule has 1 unspecified atom stereocenters. The van der Waals surface area contributed by atoms with Gasteiger partial charge in [-0.1, -0.05) is 42.5 Å². The summed E-state index contributed by atoms with van der Waals surface area (Å²) in [5.74, 6) is -0.0633. The van der Waals surface area contributed by atoms with Crippen molar-refractivity contribution in [1.82, 2.24) is 4.58 Å². The molecule has 5 nitrogen and oxygen atoms in total. The SMILES string of the molecule is COS(=O)c1ccc2c(c1)C(C)(C)C(/C=C/C=C/N(C(C)=O)c1ccccc1)=[N+]2c1ccccc1. The second kappa shape index (κ2) is 10.3. The fourth-order valence-electron chi connectivity index (χ4n) is 4.34. The Morgan fingerprint density at radius 1 is 0.971 bits per heavy atom. The van der Waals surface area contributed by atoms with Gasteiger partial charge in [-0.15, -0.1) is 0 Å². The van der Waals surface area contributed by atoms with Crippen molar-refractivity contribution >= 4 is 39.8 Å². The van der Waals surface area contributed by atoms with Gasteiger partial charge in [0, 0.05) is 48.6 Å². The standard InChI is InChI=1S/C29H29N2O3S/c1-22(32)30(23-13-7-5-8-14-23)20-12-11-17-28-29(2,3)26-21-25(35(33)34-4)18-19-27(26)31(28)24-15-9-6-10-16-24/h5-21H,1-4H3/q+1. The maximum Gasteiger partial charge on any atom is 0.227 e. The number of fused-ring (bicyclic) bond motifs is 1. The second-order valence-corrected chi connectivity index (χ2v) is 9.96. The van der Waals surface area contributed by atoms with E-state index in [4.69, 9.17) is 4.18 Å². The van der Waals surface area contributed by atoms with E-state index >= 15 is 0 Å². The van der Waals surface area contributed by atoms with Gasteiger partial charge in [-0.3, -0.25) is 13.9 Å². The highest BCUT2D eigenvalue weighted by atomic mass is 32.2. The Balaban J connectivity index is 1.76. The van der Waals surface area contributed by atoms with Crippen LogP contribution in [-0.2, 0) is 25.5 Å². The van der Waals surface area contributed by atoms with Crippen LogP contribution in [0.25, 0.3) is 0 Å². The molecule has 0 spiro atoms. The van der Waals surface area contributed by atoms with Gasteiger partial charge in [0.15, 0.2) is 16.8 Å². The number of carbonyl (C=O) groups excluding carboxylic acids is 1. The number of hydrogen-bond acceptors (Lipinski definition) is 3. The molecule has 0 aromatic heterocycles. The van der Waals surface area contributed by atoms with E-state index in [0.717, 1.165) is 28.3 Å². The number of allylic oxidation sites excluding steroid dienone is 3. The first-order valence-corrected chi connectivity index (χ1v) is 12.4. The average Bonchev–Trinajstić information content (AvgIpc) is 3.10. The number of para-hydroxylation sites is 2. The Morgan fingerprint density at radius 2 is 1.63 bits per heavy atom. The molecule has 0 N–H and O–H groups in total.